The van der Waals surface area contributed by atoms with Gasteiger partial charge in [-0.2, -0.15) is 0 Å². The zero-order chi connectivity index (χ0) is 10.7. The van der Waals surface area contributed by atoms with E-state index in [-0.39, 0.29) is 5.41 Å². The van der Waals surface area contributed by atoms with Crippen molar-refractivity contribution >= 4 is 11.3 Å². The zero-order valence-electron chi connectivity index (χ0n) is 9.33. The van der Waals surface area contributed by atoms with Crippen molar-refractivity contribution in [3.63, 3.8) is 0 Å². The number of aliphatic hydroxyl groups is 1. The third kappa shape index (κ3) is 2.58. The summed E-state index contributed by atoms with van der Waals surface area (Å²) in [5.74, 6) is 0. The Balaban J connectivity index is 2.06. The van der Waals surface area contributed by atoms with Crippen LogP contribution < -0.4 is 0 Å². The van der Waals surface area contributed by atoms with E-state index in [1.165, 1.54) is 37.1 Å². The number of nitrogens with zero attached hydrogens (tertiary/aromatic N) is 1. The van der Waals surface area contributed by atoms with Gasteiger partial charge < -0.3 is 5.11 Å². The van der Waals surface area contributed by atoms with Crippen LogP contribution >= 0.6 is 11.3 Å². The van der Waals surface area contributed by atoms with Gasteiger partial charge in [-0.25, -0.2) is 4.98 Å². The lowest BCUT2D eigenvalue weighted by Crippen LogP contribution is -2.30. The maximum Gasteiger partial charge on any atom is 0.0934 e. The fourth-order valence-corrected chi connectivity index (χ4v) is 3.44. The van der Waals surface area contributed by atoms with E-state index in [2.05, 4.69) is 10.4 Å². The quantitative estimate of drug-likeness (QED) is 0.858. The van der Waals surface area contributed by atoms with Gasteiger partial charge in [0, 0.05) is 24.1 Å². The molecule has 1 fully saturated rings. The van der Waals surface area contributed by atoms with Gasteiger partial charge in [-0.15, -0.1) is 11.3 Å². The van der Waals surface area contributed by atoms with Crippen LogP contribution in [0.5, 0.6) is 0 Å². The number of rotatable bonds is 3. The predicted octanol–water partition coefficient (Wildman–Crippen LogP) is 2.94. The smallest absolute Gasteiger partial charge is 0.0934 e. The Morgan fingerprint density at radius 2 is 2.13 bits per heavy atom. The SMILES string of the molecule is Cc1csc(CC2(CO)CCCCC2)n1. The van der Waals surface area contributed by atoms with Gasteiger partial charge >= 0.3 is 0 Å². The second kappa shape index (κ2) is 4.62. The first-order valence-electron chi connectivity index (χ1n) is 5.76. The molecule has 0 saturated heterocycles. The highest BCUT2D eigenvalue weighted by molar-refractivity contribution is 7.09. The topological polar surface area (TPSA) is 33.1 Å². The molecule has 1 aromatic heterocycles. The van der Waals surface area contributed by atoms with E-state index in [0.717, 1.165) is 12.1 Å². The van der Waals surface area contributed by atoms with Crippen molar-refractivity contribution in [2.75, 3.05) is 6.61 Å². The van der Waals surface area contributed by atoms with E-state index >= 15 is 0 Å². The van der Waals surface area contributed by atoms with Crippen molar-refractivity contribution in [2.24, 2.45) is 5.41 Å². The summed E-state index contributed by atoms with van der Waals surface area (Å²) in [6, 6.07) is 0. The van der Waals surface area contributed by atoms with E-state index in [9.17, 15) is 5.11 Å². The number of aliphatic hydroxyl groups excluding tert-OH is 1. The van der Waals surface area contributed by atoms with Crippen molar-refractivity contribution in [3.05, 3.63) is 16.1 Å². The van der Waals surface area contributed by atoms with Crippen molar-refractivity contribution in [2.45, 2.75) is 45.4 Å². The minimum atomic E-state index is 0.141. The average molecular weight is 225 g/mol. The Labute approximate surface area is 95.4 Å². The van der Waals surface area contributed by atoms with Crippen molar-refractivity contribution in [3.8, 4) is 0 Å². The average Bonchev–Trinajstić information content (AvgIpc) is 2.65. The first-order valence-corrected chi connectivity index (χ1v) is 6.64. The van der Waals surface area contributed by atoms with Crippen molar-refractivity contribution in [1.29, 1.82) is 0 Å². The van der Waals surface area contributed by atoms with Crippen LogP contribution in [0.25, 0.3) is 0 Å². The summed E-state index contributed by atoms with van der Waals surface area (Å²) in [5.41, 5.74) is 1.25. The highest BCUT2D eigenvalue weighted by Gasteiger charge is 2.32. The fraction of sp³-hybridized carbons (Fsp3) is 0.750. The standard InChI is InChI=1S/C12H19NOS/c1-10-8-15-11(13-10)7-12(9-14)5-3-2-4-6-12/h8,14H,2-7,9H2,1H3. The molecule has 0 atom stereocenters. The molecule has 84 valence electrons. The second-order valence-electron chi connectivity index (χ2n) is 4.78. The Kier molecular flexibility index (Phi) is 3.42. The fourth-order valence-electron chi connectivity index (χ4n) is 2.50. The van der Waals surface area contributed by atoms with Gasteiger partial charge in [-0.05, 0) is 25.2 Å². The number of hydrogen-bond donors (Lipinski definition) is 1. The number of aromatic nitrogens is 1. The Hall–Kier alpha value is -0.410. The van der Waals surface area contributed by atoms with Gasteiger partial charge in [0.25, 0.3) is 0 Å². The van der Waals surface area contributed by atoms with E-state index in [4.69, 9.17) is 0 Å². The van der Waals surface area contributed by atoms with Crippen LogP contribution in [0.1, 0.15) is 42.8 Å². The highest BCUT2D eigenvalue weighted by atomic mass is 32.1. The number of aryl methyl sites for hydroxylation is 1. The van der Waals surface area contributed by atoms with E-state index in [1.807, 2.05) is 6.92 Å². The molecule has 0 amide bonds. The van der Waals surface area contributed by atoms with Crippen molar-refractivity contribution < 1.29 is 5.11 Å². The largest absolute Gasteiger partial charge is 0.396 e. The molecule has 0 unspecified atom stereocenters. The summed E-state index contributed by atoms with van der Waals surface area (Å²) in [7, 11) is 0. The third-order valence-corrected chi connectivity index (χ3v) is 4.41. The summed E-state index contributed by atoms with van der Waals surface area (Å²) in [6.07, 6.45) is 7.18. The Morgan fingerprint density at radius 3 is 2.67 bits per heavy atom. The molecule has 3 heteroatoms. The first kappa shape index (κ1) is 11.1. The summed E-state index contributed by atoms with van der Waals surface area (Å²) in [5, 5.41) is 12.9. The predicted molar refractivity (Wildman–Crippen MR) is 63.2 cm³/mol. The highest BCUT2D eigenvalue weighted by Crippen LogP contribution is 2.39. The molecule has 2 rings (SSSR count). The van der Waals surface area contributed by atoms with E-state index in [0.29, 0.717) is 6.61 Å². The molecule has 1 aromatic rings. The van der Waals surface area contributed by atoms with Gasteiger partial charge in [-0.3, -0.25) is 0 Å². The second-order valence-corrected chi connectivity index (χ2v) is 5.72. The lowest BCUT2D eigenvalue weighted by Gasteiger charge is -2.34. The molecule has 1 aliphatic carbocycles. The molecule has 2 nitrogen and oxygen atoms in total. The summed E-state index contributed by atoms with van der Waals surface area (Å²) >= 11 is 1.73. The molecule has 1 N–H and O–H groups in total. The van der Waals surface area contributed by atoms with Gasteiger partial charge in [0.05, 0.1) is 5.01 Å². The van der Waals surface area contributed by atoms with Crippen LogP contribution in [0.15, 0.2) is 5.38 Å². The van der Waals surface area contributed by atoms with Crippen LogP contribution in [0.2, 0.25) is 0 Å². The van der Waals surface area contributed by atoms with Crippen molar-refractivity contribution in [1.82, 2.24) is 4.98 Å². The van der Waals surface area contributed by atoms with E-state index in [1.54, 1.807) is 11.3 Å². The van der Waals surface area contributed by atoms with Crippen LogP contribution in [-0.4, -0.2) is 16.7 Å². The van der Waals surface area contributed by atoms with Gasteiger partial charge in [0.15, 0.2) is 0 Å². The zero-order valence-corrected chi connectivity index (χ0v) is 10.1. The molecule has 0 aliphatic heterocycles. The number of hydrogen-bond acceptors (Lipinski definition) is 3. The number of thiazole rings is 1. The molecule has 1 aliphatic rings. The molecule has 0 radical (unpaired) electrons. The molecule has 1 heterocycles. The molecule has 0 aromatic carbocycles. The Bertz CT molecular complexity index is 315. The lowest BCUT2D eigenvalue weighted by atomic mass is 9.72. The van der Waals surface area contributed by atoms with Crippen LogP contribution in [0, 0.1) is 12.3 Å². The van der Waals surface area contributed by atoms with Gasteiger partial charge in [0.1, 0.15) is 0 Å². The third-order valence-electron chi connectivity index (χ3n) is 3.44. The van der Waals surface area contributed by atoms with E-state index < -0.39 is 0 Å². The normalized spacial score (nSPS) is 20.4. The maximum atomic E-state index is 9.59. The lowest BCUT2D eigenvalue weighted by molar-refractivity contribution is 0.0823. The molecule has 1 saturated carbocycles. The minimum absolute atomic E-state index is 0.141. The summed E-state index contributed by atoms with van der Waals surface area (Å²) < 4.78 is 0. The summed E-state index contributed by atoms with van der Waals surface area (Å²) in [4.78, 5) is 4.51. The Morgan fingerprint density at radius 1 is 1.40 bits per heavy atom. The molecular weight excluding hydrogens is 206 g/mol. The minimum Gasteiger partial charge on any atom is -0.396 e. The van der Waals surface area contributed by atoms with Crippen LogP contribution in [0.4, 0.5) is 0 Å². The molecular formula is C12H19NOS. The summed E-state index contributed by atoms with van der Waals surface area (Å²) in [6.45, 7) is 2.36. The van der Waals surface area contributed by atoms with Crippen LogP contribution in [-0.2, 0) is 6.42 Å². The van der Waals surface area contributed by atoms with Gasteiger partial charge in [0.2, 0.25) is 0 Å². The molecule has 0 bridgehead atoms. The van der Waals surface area contributed by atoms with Crippen LogP contribution in [0.3, 0.4) is 0 Å². The maximum absolute atomic E-state index is 9.59. The first-order chi connectivity index (χ1) is 7.24. The van der Waals surface area contributed by atoms with Gasteiger partial charge in [-0.1, -0.05) is 19.3 Å². The molecule has 15 heavy (non-hydrogen) atoms. The monoisotopic (exact) mass is 225 g/mol. The molecule has 0 spiro atoms.